The van der Waals surface area contributed by atoms with Crippen molar-refractivity contribution in [3.63, 3.8) is 0 Å². The second-order valence-corrected chi connectivity index (χ2v) is 5.41. The maximum atomic E-state index is 11.9. The van der Waals surface area contributed by atoms with Gasteiger partial charge >= 0.3 is 5.97 Å². The molecule has 0 radical (unpaired) electrons. The van der Waals surface area contributed by atoms with Gasteiger partial charge in [0.05, 0.1) is 0 Å². The first kappa shape index (κ1) is 13.6. The normalized spacial score (nSPS) is 16.4. The fourth-order valence-corrected chi connectivity index (χ4v) is 1.89. The second-order valence-electron chi connectivity index (χ2n) is 5.41. The fourth-order valence-electron chi connectivity index (χ4n) is 1.89. The number of carboxylic acids is 1. The Bertz CT molecular complexity index is 477. The highest BCUT2D eigenvalue weighted by molar-refractivity contribution is 5.95. The summed E-state index contributed by atoms with van der Waals surface area (Å²) in [5.74, 6) is -0.737. The maximum absolute atomic E-state index is 11.9. The predicted molar refractivity (Wildman–Crippen MR) is 68.9 cm³/mol. The molecule has 0 bridgehead atoms. The van der Waals surface area contributed by atoms with Gasteiger partial charge in [-0.2, -0.15) is 5.10 Å². The molecule has 1 heterocycles. The lowest BCUT2D eigenvalue weighted by molar-refractivity contribution is -0.139. The van der Waals surface area contributed by atoms with E-state index in [2.05, 4.69) is 15.5 Å². The predicted octanol–water partition coefficient (Wildman–Crippen LogP) is 1.52. The van der Waals surface area contributed by atoms with E-state index in [0.717, 1.165) is 18.5 Å². The van der Waals surface area contributed by atoms with Crippen molar-refractivity contribution in [1.29, 1.82) is 0 Å². The quantitative estimate of drug-likeness (QED) is 0.726. The molecule has 2 rings (SSSR count). The monoisotopic (exact) mass is 265 g/mol. The Morgan fingerprint density at radius 3 is 2.68 bits per heavy atom. The van der Waals surface area contributed by atoms with Crippen LogP contribution in [-0.2, 0) is 4.79 Å². The number of aromatic amines is 1. The van der Waals surface area contributed by atoms with Crippen LogP contribution >= 0.6 is 0 Å². The molecule has 1 aliphatic rings. The van der Waals surface area contributed by atoms with Crippen molar-refractivity contribution < 1.29 is 14.7 Å². The third-order valence-corrected chi connectivity index (χ3v) is 3.32. The van der Waals surface area contributed by atoms with Crippen molar-refractivity contribution in [2.75, 3.05) is 0 Å². The molecule has 1 aliphatic carbocycles. The minimum absolute atomic E-state index is 0.241. The van der Waals surface area contributed by atoms with Crippen molar-refractivity contribution in [3.8, 4) is 0 Å². The Morgan fingerprint density at radius 1 is 1.53 bits per heavy atom. The van der Waals surface area contributed by atoms with Gasteiger partial charge < -0.3 is 10.4 Å². The molecule has 1 aromatic heterocycles. The number of carboxylic acid groups (broad SMARTS) is 1. The standard InChI is InChI=1S/C13H19N3O3/c1-7(2)9-6-10(16-15-9)12(17)14-11(13(18)19)5-8-3-4-8/h6-8,11H,3-5H2,1-2H3,(H,14,17)(H,15,16)(H,18,19). The van der Waals surface area contributed by atoms with Crippen molar-refractivity contribution in [3.05, 3.63) is 17.5 Å². The zero-order valence-corrected chi connectivity index (χ0v) is 11.1. The molecule has 1 aromatic rings. The molecule has 1 fully saturated rings. The van der Waals surface area contributed by atoms with Gasteiger partial charge in [-0.1, -0.05) is 26.7 Å². The number of rotatable bonds is 6. The van der Waals surface area contributed by atoms with E-state index in [1.165, 1.54) is 0 Å². The van der Waals surface area contributed by atoms with Gasteiger partial charge in [-0.25, -0.2) is 4.79 Å². The minimum atomic E-state index is -0.986. The number of nitrogens with zero attached hydrogens (tertiary/aromatic N) is 1. The second kappa shape index (κ2) is 5.42. The molecule has 0 spiro atoms. The molecule has 1 saturated carbocycles. The molecule has 1 atom stereocenters. The van der Waals surface area contributed by atoms with Crippen molar-refractivity contribution in [1.82, 2.24) is 15.5 Å². The Labute approximate surface area is 111 Å². The molecule has 3 N–H and O–H groups in total. The first-order chi connectivity index (χ1) is 8.97. The van der Waals surface area contributed by atoms with Gasteiger partial charge in [0.2, 0.25) is 0 Å². The lowest BCUT2D eigenvalue weighted by Crippen LogP contribution is -2.41. The summed E-state index contributed by atoms with van der Waals surface area (Å²) in [6.45, 7) is 3.98. The molecule has 1 amide bonds. The van der Waals surface area contributed by atoms with Crippen LogP contribution in [-0.4, -0.2) is 33.2 Å². The molecule has 0 aromatic carbocycles. The van der Waals surface area contributed by atoms with Gasteiger partial charge in [0.25, 0.3) is 5.91 Å². The van der Waals surface area contributed by atoms with Crippen molar-refractivity contribution in [2.24, 2.45) is 5.92 Å². The Kier molecular flexibility index (Phi) is 3.87. The van der Waals surface area contributed by atoms with Crippen LogP contribution in [0.3, 0.4) is 0 Å². The van der Waals surface area contributed by atoms with Gasteiger partial charge in [0, 0.05) is 5.69 Å². The zero-order valence-electron chi connectivity index (χ0n) is 11.1. The van der Waals surface area contributed by atoms with E-state index in [1.54, 1.807) is 6.07 Å². The number of aromatic nitrogens is 2. The van der Waals surface area contributed by atoms with Crippen LogP contribution < -0.4 is 5.32 Å². The van der Waals surface area contributed by atoms with Crippen molar-refractivity contribution >= 4 is 11.9 Å². The van der Waals surface area contributed by atoms with Gasteiger partial charge in [0.1, 0.15) is 11.7 Å². The van der Waals surface area contributed by atoms with E-state index in [4.69, 9.17) is 5.11 Å². The highest BCUT2D eigenvalue weighted by Gasteiger charge is 2.30. The number of hydrogen-bond donors (Lipinski definition) is 3. The molecule has 104 valence electrons. The van der Waals surface area contributed by atoms with E-state index < -0.39 is 17.9 Å². The number of amides is 1. The summed E-state index contributed by atoms with van der Waals surface area (Å²) in [5, 5.41) is 18.3. The van der Waals surface area contributed by atoms with Crippen LogP contribution in [0.25, 0.3) is 0 Å². The summed E-state index contributed by atoms with van der Waals surface area (Å²) in [4.78, 5) is 23.0. The summed E-state index contributed by atoms with van der Waals surface area (Å²) in [6.07, 6.45) is 2.61. The summed E-state index contributed by atoms with van der Waals surface area (Å²) in [6, 6.07) is 0.843. The van der Waals surface area contributed by atoms with E-state index >= 15 is 0 Å². The van der Waals surface area contributed by atoms with Crippen LogP contribution in [0, 0.1) is 5.92 Å². The summed E-state index contributed by atoms with van der Waals surface area (Å²) in [7, 11) is 0. The molecule has 6 nitrogen and oxygen atoms in total. The third-order valence-electron chi connectivity index (χ3n) is 3.32. The Balaban J connectivity index is 1.98. The molecular weight excluding hydrogens is 246 g/mol. The van der Waals surface area contributed by atoms with Gasteiger partial charge in [-0.15, -0.1) is 0 Å². The number of nitrogens with one attached hydrogen (secondary N) is 2. The average molecular weight is 265 g/mol. The first-order valence-corrected chi connectivity index (χ1v) is 6.56. The molecule has 1 unspecified atom stereocenters. The van der Waals surface area contributed by atoms with E-state index in [-0.39, 0.29) is 11.6 Å². The van der Waals surface area contributed by atoms with E-state index in [0.29, 0.717) is 12.3 Å². The summed E-state index contributed by atoms with van der Waals surface area (Å²) >= 11 is 0. The largest absolute Gasteiger partial charge is 0.480 e. The van der Waals surface area contributed by atoms with E-state index in [1.807, 2.05) is 13.8 Å². The lowest BCUT2D eigenvalue weighted by Gasteiger charge is -2.12. The number of hydrogen-bond acceptors (Lipinski definition) is 3. The topological polar surface area (TPSA) is 95.1 Å². The number of carbonyl (C=O) groups is 2. The fraction of sp³-hybridized carbons (Fsp3) is 0.615. The van der Waals surface area contributed by atoms with Gasteiger partial charge in [0.15, 0.2) is 0 Å². The Hall–Kier alpha value is -1.85. The molecule has 0 saturated heterocycles. The zero-order chi connectivity index (χ0) is 14.0. The number of carbonyl (C=O) groups excluding carboxylic acids is 1. The van der Waals surface area contributed by atoms with Crippen LogP contribution in [0.1, 0.15) is 55.2 Å². The lowest BCUT2D eigenvalue weighted by atomic mass is 10.1. The van der Waals surface area contributed by atoms with Crippen molar-refractivity contribution in [2.45, 2.75) is 45.1 Å². The molecule has 0 aliphatic heterocycles. The molecule has 6 heteroatoms. The van der Waals surface area contributed by atoms with Gasteiger partial charge in [-0.05, 0) is 24.3 Å². The number of H-pyrrole nitrogens is 1. The smallest absolute Gasteiger partial charge is 0.326 e. The van der Waals surface area contributed by atoms with E-state index in [9.17, 15) is 9.59 Å². The van der Waals surface area contributed by atoms with Crippen LogP contribution in [0.5, 0.6) is 0 Å². The molecule has 19 heavy (non-hydrogen) atoms. The SMILES string of the molecule is CC(C)c1cc(C(=O)NC(CC2CC2)C(=O)O)n[nH]1. The minimum Gasteiger partial charge on any atom is -0.480 e. The van der Waals surface area contributed by atoms with Crippen LogP contribution in [0.4, 0.5) is 0 Å². The highest BCUT2D eigenvalue weighted by atomic mass is 16.4. The highest BCUT2D eigenvalue weighted by Crippen LogP contribution is 2.33. The average Bonchev–Trinajstić information content (AvgIpc) is 3.01. The third kappa shape index (κ3) is 3.56. The first-order valence-electron chi connectivity index (χ1n) is 6.56. The number of aliphatic carboxylic acids is 1. The maximum Gasteiger partial charge on any atom is 0.326 e. The van der Waals surface area contributed by atoms with Crippen LogP contribution in [0.15, 0.2) is 6.07 Å². The summed E-state index contributed by atoms with van der Waals surface area (Å²) in [5.41, 5.74) is 1.10. The molecular formula is C13H19N3O3. The Morgan fingerprint density at radius 2 is 2.21 bits per heavy atom. The van der Waals surface area contributed by atoms with Crippen LogP contribution in [0.2, 0.25) is 0 Å². The van der Waals surface area contributed by atoms with Gasteiger partial charge in [-0.3, -0.25) is 9.89 Å². The summed E-state index contributed by atoms with van der Waals surface area (Å²) < 4.78 is 0.